The molecule has 1 rings (SSSR count). The van der Waals surface area contributed by atoms with Crippen LogP contribution < -0.4 is 0 Å². The fraction of sp³-hybridized carbons (Fsp3) is 0.625. The number of nitrogens with one attached hydrogen (secondary N) is 1. The monoisotopic (exact) mass is 154 g/mol. The molecule has 3 heteroatoms. The molecule has 3 nitrogen and oxygen atoms in total. The Morgan fingerprint density at radius 1 is 1.73 bits per heavy atom. The molecule has 0 saturated heterocycles. The van der Waals surface area contributed by atoms with Crippen molar-refractivity contribution in [3.63, 3.8) is 0 Å². The van der Waals surface area contributed by atoms with Gasteiger partial charge in [0.25, 0.3) is 0 Å². The lowest BCUT2D eigenvalue weighted by molar-refractivity contribution is 0.0733. The van der Waals surface area contributed by atoms with E-state index in [0.29, 0.717) is 0 Å². The Hall–Kier alpha value is -0.830. The van der Waals surface area contributed by atoms with E-state index < -0.39 is 0 Å². The summed E-state index contributed by atoms with van der Waals surface area (Å²) in [4.78, 5) is 0. The molecule has 0 fully saturated rings. The van der Waals surface area contributed by atoms with E-state index >= 15 is 0 Å². The molecule has 0 amide bonds. The standard InChI is InChI=1S/C8H14N2O/c1-4-11-7(3)8-5-6(2)9-10-8/h5,7H,4H2,1-3H3,(H,9,10). The number of nitrogens with zero attached hydrogens (tertiary/aromatic N) is 1. The molecular formula is C8H14N2O. The van der Waals surface area contributed by atoms with E-state index in [1.54, 1.807) is 0 Å². The van der Waals surface area contributed by atoms with Crippen LogP contribution in [-0.4, -0.2) is 16.8 Å². The van der Waals surface area contributed by atoms with Crippen molar-refractivity contribution in [2.75, 3.05) is 6.61 Å². The quantitative estimate of drug-likeness (QED) is 0.721. The summed E-state index contributed by atoms with van der Waals surface area (Å²) < 4.78 is 5.36. The first-order valence-corrected chi connectivity index (χ1v) is 3.87. The van der Waals surface area contributed by atoms with Crippen LogP contribution in [0, 0.1) is 6.92 Å². The van der Waals surface area contributed by atoms with E-state index in [9.17, 15) is 0 Å². The summed E-state index contributed by atoms with van der Waals surface area (Å²) in [6.45, 7) is 6.69. The maximum absolute atomic E-state index is 5.36. The highest BCUT2D eigenvalue weighted by atomic mass is 16.5. The van der Waals surface area contributed by atoms with Crippen LogP contribution in [0.4, 0.5) is 0 Å². The Morgan fingerprint density at radius 2 is 2.45 bits per heavy atom. The van der Waals surface area contributed by atoms with E-state index in [1.807, 2.05) is 26.8 Å². The first-order valence-electron chi connectivity index (χ1n) is 3.87. The van der Waals surface area contributed by atoms with E-state index in [1.165, 1.54) is 0 Å². The Balaban J connectivity index is 2.60. The lowest BCUT2D eigenvalue weighted by Crippen LogP contribution is -1.99. The topological polar surface area (TPSA) is 37.9 Å². The minimum Gasteiger partial charge on any atom is -0.372 e. The van der Waals surface area contributed by atoms with Crippen molar-refractivity contribution in [1.29, 1.82) is 0 Å². The van der Waals surface area contributed by atoms with Crippen molar-refractivity contribution < 1.29 is 4.74 Å². The van der Waals surface area contributed by atoms with Crippen LogP contribution in [0.25, 0.3) is 0 Å². The van der Waals surface area contributed by atoms with Crippen LogP contribution in [0.1, 0.15) is 31.3 Å². The molecule has 1 atom stereocenters. The van der Waals surface area contributed by atoms with Gasteiger partial charge in [-0.05, 0) is 26.8 Å². The second kappa shape index (κ2) is 3.53. The van der Waals surface area contributed by atoms with Crippen LogP contribution in [0.5, 0.6) is 0 Å². The predicted octanol–water partition coefficient (Wildman–Crippen LogP) is 1.82. The minimum atomic E-state index is 0.102. The lowest BCUT2D eigenvalue weighted by atomic mass is 10.3. The maximum Gasteiger partial charge on any atom is 0.0984 e. The van der Waals surface area contributed by atoms with Crippen LogP contribution in [-0.2, 0) is 4.74 Å². The zero-order valence-corrected chi connectivity index (χ0v) is 7.22. The molecule has 11 heavy (non-hydrogen) atoms. The first kappa shape index (κ1) is 8.27. The molecule has 0 saturated carbocycles. The van der Waals surface area contributed by atoms with Gasteiger partial charge in [-0.15, -0.1) is 0 Å². The van der Waals surface area contributed by atoms with E-state index in [4.69, 9.17) is 4.74 Å². The molecule has 1 unspecified atom stereocenters. The minimum absolute atomic E-state index is 0.102. The molecule has 0 aliphatic rings. The second-order valence-electron chi connectivity index (χ2n) is 2.57. The van der Waals surface area contributed by atoms with Crippen molar-refractivity contribution in [2.24, 2.45) is 0 Å². The number of aromatic amines is 1. The van der Waals surface area contributed by atoms with Gasteiger partial charge in [0.15, 0.2) is 0 Å². The van der Waals surface area contributed by atoms with Crippen LogP contribution >= 0.6 is 0 Å². The smallest absolute Gasteiger partial charge is 0.0984 e. The Bertz CT molecular complexity index is 220. The van der Waals surface area contributed by atoms with Gasteiger partial charge in [0.05, 0.1) is 11.8 Å². The Labute approximate surface area is 66.8 Å². The molecule has 0 aliphatic heterocycles. The summed E-state index contributed by atoms with van der Waals surface area (Å²) in [5.41, 5.74) is 2.05. The molecule has 0 aromatic carbocycles. The Morgan fingerprint density at radius 3 is 2.91 bits per heavy atom. The molecule has 1 heterocycles. The zero-order valence-electron chi connectivity index (χ0n) is 7.22. The number of hydrogen-bond donors (Lipinski definition) is 1. The number of rotatable bonds is 3. The molecule has 62 valence electrons. The molecule has 0 spiro atoms. The molecule has 0 radical (unpaired) electrons. The van der Waals surface area contributed by atoms with Gasteiger partial charge in [-0.1, -0.05) is 0 Å². The third kappa shape index (κ3) is 2.05. The van der Waals surface area contributed by atoms with Crippen LogP contribution in [0.3, 0.4) is 0 Å². The third-order valence-electron chi connectivity index (χ3n) is 1.56. The van der Waals surface area contributed by atoms with Gasteiger partial charge in [-0.2, -0.15) is 5.10 Å². The van der Waals surface area contributed by atoms with Gasteiger partial charge in [0, 0.05) is 12.3 Å². The van der Waals surface area contributed by atoms with Crippen LogP contribution in [0.2, 0.25) is 0 Å². The summed E-state index contributed by atoms with van der Waals surface area (Å²) >= 11 is 0. The van der Waals surface area contributed by atoms with Gasteiger partial charge in [0.2, 0.25) is 0 Å². The summed E-state index contributed by atoms with van der Waals surface area (Å²) in [6.07, 6.45) is 0.102. The van der Waals surface area contributed by atoms with E-state index in [0.717, 1.165) is 18.0 Å². The van der Waals surface area contributed by atoms with Gasteiger partial charge in [0.1, 0.15) is 0 Å². The molecule has 1 aromatic heterocycles. The predicted molar refractivity (Wildman–Crippen MR) is 43.4 cm³/mol. The summed E-state index contributed by atoms with van der Waals surface area (Å²) in [6, 6.07) is 2.00. The number of hydrogen-bond acceptors (Lipinski definition) is 2. The van der Waals surface area contributed by atoms with Gasteiger partial charge < -0.3 is 4.74 Å². The fourth-order valence-corrected chi connectivity index (χ4v) is 0.983. The maximum atomic E-state index is 5.36. The summed E-state index contributed by atoms with van der Waals surface area (Å²) in [7, 11) is 0. The molecular weight excluding hydrogens is 140 g/mol. The molecule has 1 N–H and O–H groups in total. The number of aryl methyl sites for hydroxylation is 1. The van der Waals surface area contributed by atoms with Crippen molar-refractivity contribution >= 4 is 0 Å². The third-order valence-corrected chi connectivity index (χ3v) is 1.56. The van der Waals surface area contributed by atoms with Crippen molar-refractivity contribution in [2.45, 2.75) is 26.9 Å². The largest absolute Gasteiger partial charge is 0.372 e. The highest BCUT2D eigenvalue weighted by molar-refractivity contribution is 5.08. The van der Waals surface area contributed by atoms with Gasteiger partial charge in [-0.25, -0.2) is 0 Å². The number of H-pyrrole nitrogens is 1. The zero-order chi connectivity index (χ0) is 8.27. The summed E-state index contributed by atoms with van der Waals surface area (Å²) in [5.74, 6) is 0. The van der Waals surface area contributed by atoms with Gasteiger partial charge >= 0.3 is 0 Å². The Kier molecular flexibility index (Phi) is 2.65. The lowest BCUT2D eigenvalue weighted by Gasteiger charge is -2.06. The average Bonchev–Trinajstić information content (AvgIpc) is 2.36. The summed E-state index contributed by atoms with van der Waals surface area (Å²) in [5, 5.41) is 6.96. The highest BCUT2D eigenvalue weighted by Crippen LogP contribution is 2.13. The number of aromatic nitrogens is 2. The van der Waals surface area contributed by atoms with Crippen molar-refractivity contribution in [3.05, 3.63) is 17.5 Å². The van der Waals surface area contributed by atoms with E-state index in [2.05, 4.69) is 10.2 Å². The number of ether oxygens (including phenoxy) is 1. The first-order chi connectivity index (χ1) is 5.24. The normalized spacial score (nSPS) is 13.4. The van der Waals surface area contributed by atoms with Gasteiger partial charge in [-0.3, -0.25) is 5.10 Å². The average molecular weight is 154 g/mol. The molecule has 1 aromatic rings. The fourth-order valence-electron chi connectivity index (χ4n) is 0.983. The molecule has 0 aliphatic carbocycles. The SMILES string of the molecule is CCOC(C)c1cc(C)[nH]n1. The van der Waals surface area contributed by atoms with Crippen LogP contribution in [0.15, 0.2) is 6.07 Å². The second-order valence-corrected chi connectivity index (χ2v) is 2.57. The highest BCUT2D eigenvalue weighted by Gasteiger charge is 2.06. The molecule has 0 bridgehead atoms. The van der Waals surface area contributed by atoms with Crippen molar-refractivity contribution in [3.8, 4) is 0 Å². The van der Waals surface area contributed by atoms with Crippen molar-refractivity contribution in [1.82, 2.24) is 10.2 Å². The van der Waals surface area contributed by atoms with E-state index in [-0.39, 0.29) is 6.10 Å².